The first-order valence-corrected chi connectivity index (χ1v) is 10.7. The number of carbonyl (C=O) groups excluding carboxylic acids is 1. The lowest BCUT2D eigenvalue weighted by molar-refractivity contribution is -0.120. The van der Waals surface area contributed by atoms with Gasteiger partial charge < -0.3 is 15.0 Å². The molecule has 0 saturated carbocycles. The van der Waals surface area contributed by atoms with Crippen LogP contribution < -0.4 is 15.6 Å². The molecule has 0 aliphatic carbocycles. The van der Waals surface area contributed by atoms with Gasteiger partial charge in [-0.25, -0.2) is 4.98 Å². The van der Waals surface area contributed by atoms with Crippen LogP contribution in [0.5, 0.6) is 5.75 Å². The van der Waals surface area contributed by atoms with Crippen LogP contribution in [0.1, 0.15) is 22.4 Å². The summed E-state index contributed by atoms with van der Waals surface area (Å²) >= 11 is 7.41. The number of halogens is 1. The van der Waals surface area contributed by atoms with Crippen molar-refractivity contribution < 1.29 is 9.53 Å². The van der Waals surface area contributed by atoms with Gasteiger partial charge in [-0.3, -0.25) is 9.59 Å². The average Bonchev–Trinajstić information content (AvgIpc) is 2.73. The topological polar surface area (TPSA) is 84.1 Å². The minimum atomic E-state index is -0.298. The minimum Gasteiger partial charge on any atom is -0.497 e. The number of aryl methyl sites for hydroxylation is 1. The van der Waals surface area contributed by atoms with E-state index in [-0.39, 0.29) is 17.9 Å². The fourth-order valence-corrected chi connectivity index (χ4v) is 3.91. The molecule has 3 aromatic rings. The van der Waals surface area contributed by atoms with E-state index in [9.17, 15) is 9.59 Å². The summed E-state index contributed by atoms with van der Waals surface area (Å²) in [6, 6.07) is 15.0. The zero-order valence-corrected chi connectivity index (χ0v) is 18.3. The lowest BCUT2D eigenvalue weighted by Gasteiger charge is -2.09. The molecule has 0 radical (unpaired) electrons. The molecule has 2 N–H and O–H groups in total. The lowest BCUT2D eigenvalue weighted by Crippen LogP contribution is -2.28. The second-order valence-electron chi connectivity index (χ2n) is 6.66. The summed E-state index contributed by atoms with van der Waals surface area (Å²) in [5, 5.41) is 4.01. The van der Waals surface area contributed by atoms with Crippen LogP contribution in [0.15, 0.2) is 58.5 Å². The number of rotatable bonds is 8. The van der Waals surface area contributed by atoms with E-state index in [1.807, 2.05) is 48.5 Å². The monoisotopic (exact) mass is 443 g/mol. The van der Waals surface area contributed by atoms with Crippen LogP contribution in [0.3, 0.4) is 0 Å². The maximum Gasteiger partial charge on any atom is 0.255 e. The van der Waals surface area contributed by atoms with Gasteiger partial charge in [-0.2, -0.15) is 0 Å². The van der Waals surface area contributed by atoms with Crippen molar-refractivity contribution in [3.05, 3.63) is 86.3 Å². The van der Waals surface area contributed by atoms with Crippen molar-refractivity contribution in [2.75, 3.05) is 7.11 Å². The molecule has 3 rings (SSSR count). The molecule has 8 heteroatoms. The third-order valence-corrected chi connectivity index (χ3v) is 5.61. The van der Waals surface area contributed by atoms with Crippen molar-refractivity contribution in [2.45, 2.75) is 30.8 Å². The second-order valence-corrected chi connectivity index (χ2v) is 8.06. The van der Waals surface area contributed by atoms with Crippen LogP contribution in [-0.4, -0.2) is 23.0 Å². The number of thioether (sulfide) groups is 1. The molecule has 0 aliphatic rings. The molecular weight excluding hydrogens is 422 g/mol. The van der Waals surface area contributed by atoms with Gasteiger partial charge in [-0.05, 0) is 42.3 Å². The Bertz CT molecular complexity index is 1100. The SMILES string of the molecule is COc1cccc(CNC(=O)Cc2c(C)nc(SCc3cccc(Cl)c3)[nH]c2=O)c1. The van der Waals surface area contributed by atoms with Gasteiger partial charge in [-0.15, -0.1) is 0 Å². The molecule has 1 aromatic heterocycles. The Balaban J connectivity index is 1.60. The first-order chi connectivity index (χ1) is 14.4. The number of nitrogens with one attached hydrogen (secondary N) is 2. The van der Waals surface area contributed by atoms with Crippen molar-refractivity contribution in [1.82, 2.24) is 15.3 Å². The van der Waals surface area contributed by atoms with Crippen LogP contribution in [0.25, 0.3) is 0 Å². The molecule has 0 bridgehead atoms. The Morgan fingerprint density at radius 3 is 2.70 bits per heavy atom. The third-order valence-electron chi connectivity index (χ3n) is 4.43. The van der Waals surface area contributed by atoms with Gasteiger partial charge >= 0.3 is 0 Å². The molecule has 0 saturated heterocycles. The summed E-state index contributed by atoms with van der Waals surface area (Å²) in [4.78, 5) is 32.0. The van der Waals surface area contributed by atoms with Gasteiger partial charge in [0.15, 0.2) is 5.16 Å². The quantitative estimate of drug-likeness (QED) is 0.407. The van der Waals surface area contributed by atoms with Gasteiger partial charge in [-0.1, -0.05) is 47.6 Å². The van der Waals surface area contributed by atoms with Gasteiger partial charge in [0, 0.05) is 28.6 Å². The van der Waals surface area contributed by atoms with E-state index in [1.54, 1.807) is 14.0 Å². The fourth-order valence-electron chi connectivity index (χ4n) is 2.85. The van der Waals surface area contributed by atoms with E-state index in [1.165, 1.54) is 11.8 Å². The van der Waals surface area contributed by atoms with Crippen LogP contribution in [0.4, 0.5) is 0 Å². The largest absolute Gasteiger partial charge is 0.497 e. The van der Waals surface area contributed by atoms with E-state index in [0.29, 0.717) is 33.7 Å². The molecule has 0 fully saturated rings. The number of methoxy groups -OCH3 is 1. The van der Waals surface area contributed by atoms with Crippen molar-refractivity contribution in [3.8, 4) is 5.75 Å². The van der Waals surface area contributed by atoms with Gasteiger partial charge in [0.2, 0.25) is 5.91 Å². The molecule has 6 nitrogen and oxygen atoms in total. The number of carbonyl (C=O) groups is 1. The van der Waals surface area contributed by atoms with E-state index in [2.05, 4.69) is 15.3 Å². The summed E-state index contributed by atoms with van der Waals surface area (Å²) in [5.74, 6) is 1.11. The molecule has 1 amide bonds. The molecular formula is C22H22ClN3O3S. The molecule has 156 valence electrons. The van der Waals surface area contributed by atoms with Crippen molar-refractivity contribution in [3.63, 3.8) is 0 Å². The number of amides is 1. The highest BCUT2D eigenvalue weighted by Crippen LogP contribution is 2.21. The van der Waals surface area contributed by atoms with Crippen molar-refractivity contribution in [2.24, 2.45) is 0 Å². The van der Waals surface area contributed by atoms with Crippen LogP contribution >= 0.6 is 23.4 Å². The number of benzene rings is 2. The number of hydrogen-bond acceptors (Lipinski definition) is 5. The summed E-state index contributed by atoms with van der Waals surface area (Å²) in [6.45, 7) is 2.09. The predicted molar refractivity (Wildman–Crippen MR) is 119 cm³/mol. The number of H-pyrrole nitrogens is 1. The standard InChI is InChI=1S/C22H22ClN3O3S/c1-14-19(11-20(27)24-12-15-5-4-8-18(10-15)29-2)21(28)26-22(25-14)30-13-16-6-3-7-17(23)9-16/h3-10H,11-13H2,1-2H3,(H,24,27)(H,25,26,28). The average molecular weight is 444 g/mol. The highest BCUT2D eigenvalue weighted by molar-refractivity contribution is 7.98. The molecule has 0 atom stereocenters. The van der Waals surface area contributed by atoms with E-state index in [0.717, 1.165) is 16.9 Å². The Morgan fingerprint density at radius 2 is 1.97 bits per heavy atom. The van der Waals surface area contributed by atoms with E-state index >= 15 is 0 Å². The first kappa shape index (κ1) is 21.9. The maximum atomic E-state index is 12.5. The smallest absolute Gasteiger partial charge is 0.255 e. The minimum absolute atomic E-state index is 0.0304. The number of hydrogen-bond donors (Lipinski definition) is 2. The lowest BCUT2D eigenvalue weighted by atomic mass is 10.1. The van der Waals surface area contributed by atoms with Crippen LogP contribution in [0.2, 0.25) is 5.02 Å². The summed E-state index contributed by atoms with van der Waals surface area (Å²) < 4.78 is 5.18. The van der Waals surface area contributed by atoms with E-state index < -0.39 is 0 Å². The Morgan fingerprint density at radius 1 is 1.20 bits per heavy atom. The van der Waals surface area contributed by atoms with Crippen molar-refractivity contribution in [1.29, 1.82) is 0 Å². The Hall–Kier alpha value is -2.77. The number of aromatic nitrogens is 2. The Labute approximate surface area is 184 Å². The van der Waals surface area contributed by atoms with E-state index in [4.69, 9.17) is 16.3 Å². The zero-order chi connectivity index (χ0) is 21.5. The molecule has 30 heavy (non-hydrogen) atoms. The third kappa shape index (κ3) is 6.11. The summed E-state index contributed by atoms with van der Waals surface area (Å²) in [5.41, 5.74) is 2.56. The predicted octanol–water partition coefficient (Wildman–Crippen LogP) is 3.89. The maximum absolute atomic E-state index is 12.5. The molecule has 0 spiro atoms. The summed E-state index contributed by atoms with van der Waals surface area (Å²) in [6.07, 6.45) is -0.0304. The molecule has 1 heterocycles. The molecule has 0 aliphatic heterocycles. The van der Waals surface area contributed by atoms with Crippen molar-refractivity contribution >= 4 is 29.3 Å². The first-order valence-electron chi connectivity index (χ1n) is 9.31. The van der Waals surface area contributed by atoms with Gasteiger partial charge in [0.05, 0.1) is 13.5 Å². The van der Waals surface area contributed by atoms with Crippen LogP contribution in [-0.2, 0) is 23.5 Å². The highest BCUT2D eigenvalue weighted by atomic mass is 35.5. The summed E-state index contributed by atoms with van der Waals surface area (Å²) in [7, 11) is 1.59. The number of ether oxygens (including phenoxy) is 1. The fraction of sp³-hybridized carbons (Fsp3) is 0.227. The highest BCUT2D eigenvalue weighted by Gasteiger charge is 2.13. The van der Waals surface area contributed by atoms with Gasteiger partial charge in [0.25, 0.3) is 5.56 Å². The van der Waals surface area contributed by atoms with Gasteiger partial charge in [0.1, 0.15) is 5.75 Å². The molecule has 0 unspecified atom stereocenters. The van der Waals surface area contributed by atoms with Crippen LogP contribution in [0, 0.1) is 6.92 Å². The zero-order valence-electron chi connectivity index (χ0n) is 16.7. The second kappa shape index (κ2) is 10.3. The number of nitrogens with zero attached hydrogens (tertiary/aromatic N) is 1. The normalized spacial score (nSPS) is 10.6. The Kier molecular flexibility index (Phi) is 7.54. The number of aromatic amines is 1. The molecule has 2 aromatic carbocycles.